The third-order valence-electron chi connectivity index (χ3n) is 4.60. The quantitative estimate of drug-likeness (QED) is 0.781. The van der Waals surface area contributed by atoms with Gasteiger partial charge in [-0.3, -0.25) is 0 Å². The van der Waals surface area contributed by atoms with E-state index in [0.717, 1.165) is 16.9 Å². The van der Waals surface area contributed by atoms with E-state index in [0.29, 0.717) is 5.11 Å². The topological polar surface area (TPSA) is 52.7 Å². The van der Waals surface area contributed by atoms with Gasteiger partial charge in [0.05, 0.1) is 16.6 Å². The van der Waals surface area contributed by atoms with Crippen LogP contribution in [0, 0.1) is 6.92 Å². The summed E-state index contributed by atoms with van der Waals surface area (Å²) in [5.74, 6) is 0. The van der Waals surface area contributed by atoms with Crippen molar-refractivity contribution in [3.8, 4) is 0 Å². The molecule has 1 aliphatic heterocycles. The molecule has 0 aromatic heterocycles. The summed E-state index contributed by atoms with van der Waals surface area (Å²) in [5.41, 5.74) is 2.63. The SMILES string of the molecule is Cc1ccc(S(=O)(=O)NN2C(=S)N(c3ccccc3)C3C=CC=CC=C32)cc1. The van der Waals surface area contributed by atoms with E-state index in [-0.39, 0.29) is 10.9 Å². The van der Waals surface area contributed by atoms with Crippen LogP contribution >= 0.6 is 12.2 Å². The molecule has 2 aromatic rings. The number of thiocarbonyl (C=S) groups is 1. The fraction of sp³-hybridized carbons (Fsp3) is 0.0952. The molecular weight excluding hydrogens is 390 g/mol. The zero-order chi connectivity index (χ0) is 19.7. The first-order valence-electron chi connectivity index (χ1n) is 8.80. The standard InChI is InChI=1S/C21H19N3O2S2/c1-16-12-14-18(15-13-16)28(25,26)22-24-20-11-7-3-6-10-19(20)23(21(24)27)17-8-4-2-5-9-17/h2-15,19,22H,1H3. The van der Waals surface area contributed by atoms with Gasteiger partial charge in [-0.25, -0.2) is 13.4 Å². The van der Waals surface area contributed by atoms with E-state index in [2.05, 4.69) is 4.83 Å². The van der Waals surface area contributed by atoms with Crippen LogP contribution in [0.15, 0.2) is 95.6 Å². The second-order valence-electron chi connectivity index (χ2n) is 6.54. The van der Waals surface area contributed by atoms with Crippen LogP contribution in [0.5, 0.6) is 0 Å². The predicted molar refractivity (Wildman–Crippen MR) is 115 cm³/mol. The summed E-state index contributed by atoms with van der Waals surface area (Å²) < 4.78 is 25.9. The van der Waals surface area contributed by atoms with Crippen molar-refractivity contribution in [2.45, 2.75) is 17.9 Å². The first-order valence-corrected chi connectivity index (χ1v) is 10.7. The van der Waals surface area contributed by atoms with Gasteiger partial charge in [-0.2, -0.15) is 0 Å². The zero-order valence-corrected chi connectivity index (χ0v) is 16.8. The third kappa shape index (κ3) is 3.40. The number of anilines is 1. The highest BCUT2D eigenvalue weighted by atomic mass is 32.2. The number of aryl methyl sites for hydroxylation is 1. The molecule has 2 aromatic carbocycles. The lowest BCUT2D eigenvalue weighted by atomic mass is 10.2. The normalized spacial score (nSPS) is 18.8. The predicted octanol–water partition coefficient (Wildman–Crippen LogP) is 3.67. The summed E-state index contributed by atoms with van der Waals surface area (Å²) in [6.07, 6.45) is 9.58. The average Bonchev–Trinajstić information content (AvgIpc) is 2.83. The van der Waals surface area contributed by atoms with Gasteiger partial charge in [0.15, 0.2) is 5.11 Å². The lowest BCUT2D eigenvalue weighted by Gasteiger charge is -2.23. The van der Waals surface area contributed by atoms with Crippen molar-refractivity contribution in [1.82, 2.24) is 9.84 Å². The van der Waals surface area contributed by atoms with Crippen molar-refractivity contribution < 1.29 is 8.42 Å². The number of hydrogen-bond acceptors (Lipinski definition) is 3. The van der Waals surface area contributed by atoms with Crippen molar-refractivity contribution in [1.29, 1.82) is 0 Å². The molecule has 0 amide bonds. The molecule has 1 unspecified atom stereocenters. The molecule has 1 fully saturated rings. The maximum atomic E-state index is 13.0. The Morgan fingerprint density at radius 1 is 0.964 bits per heavy atom. The number of nitrogens with one attached hydrogen (secondary N) is 1. The van der Waals surface area contributed by atoms with Gasteiger partial charge in [0, 0.05) is 5.69 Å². The Balaban J connectivity index is 1.73. The van der Waals surface area contributed by atoms with E-state index in [1.165, 1.54) is 5.01 Å². The minimum Gasteiger partial charge on any atom is -0.305 e. The molecule has 1 heterocycles. The fourth-order valence-electron chi connectivity index (χ4n) is 3.19. The van der Waals surface area contributed by atoms with Gasteiger partial charge in [-0.05, 0) is 49.5 Å². The smallest absolute Gasteiger partial charge is 0.257 e. The highest BCUT2D eigenvalue weighted by molar-refractivity contribution is 7.89. The highest BCUT2D eigenvalue weighted by Gasteiger charge is 2.40. The average molecular weight is 410 g/mol. The molecule has 0 spiro atoms. The molecule has 0 radical (unpaired) electrons. The van der Waals surface area contributed by atoms with E-state index in [1.807, 2.05) is 72.5 Å². The van der Waals surface area contributed by atoms with Gasteiger partial charge in [-0.1, -0.05) is 60.2 Å². The number of hydrazine groups is 1. The molecule has 0 saturated carbocycles. The van der Waals surface area contributed by atoms with E-state index < -0.39 is 10.0 Å². The van der Waals surface area contributed by atoms with Crippen molar-refractivity contribution >= 4 is 33.0 Å². The molecule has 4 rings (SSSR count). The summed E-state index contributed by atoms with van der Waals surface area (Å²) in [5, 5.41) is 1.85. The van der Waals surface area contributed by atoms with E-state index in [4.69, 9.17) is 12.2 Å². The van der Waals surface area contributed by atoms with Gasteiger partial charge >= 0.3 is 0 Å². The second-order valence-corrected chi connectivity index (χ2v) is 8.56. The van der Waals surface area contributed by atoms with Gasteiger partial charge in [0.2, 0.25) is 0 Å². The van der Waals surface area contributed by atoms with Gasteiger partial charge in [0.1, 0.15) is 0 Å². The summed E-state index contributed by atoms with van der Waals surface area (Å²) in [6, 6.07) is 16.2. The number of benzene rings is 2. The lowest BCUT2D eigenvalue weighted by molar-refractivity contribution is 0.467. The minimum atomic E-state index is -3.79. The maximum absolute atomic E-state index is 13.0. The maximum Gasteiger partial charge on any atom is 0.257 e. The van der Waals surface area contributed by atoms with Gasteiger partial charge < -0.3 is 4.90 Å². The van der Waals surface area contributed by atoms with Crippen LogP contribution in [0.25, 0.3) is 0 Å². The van der Waals surface area contributed by atoms with Crippen LogP contribution in [-0.4, -0.2) is 24.6 Å². The molecule has 2 aliphatic rings. The van der Waals surface area contributed by atoms with Crippen LogP contribution in [0.1, 0.15) is 5.56 Å². The Bertz CT molecular complexity index is 1090. The molecule has 1 saturated heterocycles. The van der Waals surface area contributed by atoms with Crippen molar-refractivity contribution in [2.24, 2.45) is 0 Å². The molecule has 0 bridgehead atoms. The third-order valence-corrected chi connectivity index (χ3v) is 6.29. The molecule has 5 nitrogen and oxygen atoms in total. The number of para-hydroxylation sites is 1. The molecule has 142 valence electrons. The van der Waals surface area contributed by atoms with Crippen LogP contribution in [-0.2, 0) is 10.0 Å². The van der Waals surface area contributed by atoms with E-state index in [1.54, 1.807) is 24.3 Å². The number of sulfonamides is 1. The van der Waals surface area contributed by atoms with Crippen LogP contribution < -0.4 is 9.73 Å². The van der Waals surface area contributed by atoms with Crippen LogP contribution in [0.3, 0.4) is 0 Å². The number of rotatable bonds is 4. The zero-order valence-electron chi connectivity index (χ0n) is 15.2. The Kier molecular flexibility index (Phi) is 4.89. The monoisotopic (exact) mass is 409 g/mol. The first-order chi connectivity index (χ1) is 13.5. The number of fused-ring (bicyclic) bond motifs is 1. The lowest BCUT2D eigenvalue weighted by Crippen LogP contribution is -2.44. The number of allylic oxidation sites excluding steroid dienone is 4. The summed E-state index contributed by atoms with van der Waals surface area (Å²) in [4.78, 5) is 4.78. The van der Waals surface area contributed by atoms with Gasteiger partial charge in [0.25, 0.3) is 10.0 Å². The Labute approximate surface area is 170 Å². The van der Waals surface area contributed by atoms with Crippen molar-refractivity contribution in [3.63, 3.8) is 0 Å². The molecule has 1 aliphatic carbocycles. The fourth-order valence-corrected chi connectivity index (χ4v) is 4.65. The Hall–Kier alpha value is -2.74. The number of hydrogen-bond donors (Lipinski definition) is 1. The highest BCUT2D eigenvalue weighted by Crippen LogP contribution is 2.33. The Morgan fingerprint density at radius 3 is 2.39 bits per heavy atom. The van der Waals surface area contributed by atoms with Crippen LogP contribution in [0.2, 0.25) is 0 Å². The van der Waals surface area contributed by atoms with Crippen molar-refractivity contribution in [2.75, 3.05) is 4.90 Å². The summed E-state index contributed by atoms with van der Waals surface area (Å²) in [6.45, 7) is 1.91. The van der Waals surface area contributed by atoms with Crippen molar-refractivity contribution in [3.05, 3.63) is 96.2 Å². The molecule has 28 heavy (non-hydrogen) atoms. The van der Waals surface area contributed by atoms with E-state index >= 15 is 0 Å². The summed E-state index contributed by atoms with van der Waals surface area (Å²) >= 11 is 5.67. The largest absolute Gasteiger partial charge is 0.305 e. The molecule has 1 N–H and O–H groups in total. The molecule has 7 heteroatoms. The molecular formula is C21H19N3O2S2. The second kappa shape index (κ2) is 7.35. The molecule has 1 atom stereocenters. The minimum absolute atomic E-state index is 0.191. The van der Waals surface area contributed by atoms with Gasteiger partial charge in [-0.15, -0.1) is 4.83 Å². The summed E-state index contributed by atoms with van der Waals surface area (Å²) in [7, 11) is -3.79. The van der Waals surface area contributed by atoms with E-state index in [9.17, 15) is 8.42 Å². The first kappa shape index (κ1) is 18.6. The Morgan fingerprint density at radius 2 is 1.68 bits per heavy atom. The van der Waals surface area contributed by atoms with Crippen LogP contribution in [0.4, 0.5) is 5.69 Å². The number of nitrogens with zero attached hydrogens (tertiary/aromatic N) is 2.